The molecule has 0 saturated heterocycles. The van der Waals surface area contributed by atoms with Crippen LogP contribution in [-0.4, -0.2) is 39.4 Å². The minimum Gasteiger partial charge on any atom is -0.394 e. The summed E-state index contributed by atoms with van der Waals surface area (Å²) in [5.74, 6) is 0. The molecule has 3 rings (SSSR count). The molecule has 0 spiro atoms. The first-order valence-corrected chi connectivity index (χ1v) is 13.1. The molecule has 5 N–H and O–H groups in total. The second-order valence-corrected chi connectivity index (χ2v) is 10.3. The number of aryl methyl sites for hydroxylation is 1. The Balaban J connectivity index is 1.50. The Bertz CT molecular complexity index is 1110. The highest BCUT2D eigenvalue weighted by Crippen LogP contribution is 2.36. The summed E-state index contributed by atoms with van der Waals surface area (Å²) in [7, 11) is -4.65. The van der Waals surface area contributed by atoms with Crippen molar-refractivity contribution < 1.29 is 28.8 Å². The molecule has 0 saturated carbocycles. The lowest BCUT2D eigenvalue weighted by atomic mass is 9.93. The van der Waals surface area contributed by atoms with E-state index < -0.39 is 26.6 Å². The number of thiophene rings is 1. The van der Waals surface area contributed by atoms with Crippen LogP contribution in [0.3, 0.4) is 0 Å². The molecule has 8 nitrogen and oxygen atoms in total. The molecule has 0 amide bonds. The summed E-state index contributed by atoms with van der Waals surface area (Å²) in [5, 5.41) is 15.8. The Kier molecular flexibility index (Phi) is 9.16. The number of hydrogen-bond donors (Lipinski definition) is 4. The fraction of sp³-hybridized carbons (Fsp3) is 0.292. The first kappa shape index (κ1) is 26.2. The van der Waals surface area contributed by atoms with E-state index in [1.54, 1.807) is 11.3 Å². The van der Waals surface area contributed by atoms with Gasteiger partial charge in [-0.25, -0.2) is 4.57 Å². The van der Waals surface area contributed by atoms with Gasteiger partial charge in [0.2, 0.25) is 0 Å². The molecule has 10 heteroatoms. The normalized spacial score (nSPS) is 14.1. The minimum absolute atomic E-state index is 0.296. The fourth-order valence-corrected chi connectivity index (χ4v) is 4.34. The Morgan fingerprint density at radius 1 is 1.09 bits per heavy atom. The zero-order valence-corrected chi connectivity index (χ0v) is 20.5. The van der Waals surface area contributed by atoms with Crippen molar-refractivity contribution in [2.45, 2.75) is 31.9 Å². The van der Waals surface area contributed by atoms with Crippen LogP contribution in [0.1, 0.15) is 30.0 Å². The number of aliphatic hydroxyl groups excluding tert-OH is 1. The molecular formula is C24H29N2O6PS. The Morgan fingerprint density at radius 3 is 2.35 bits per heavy atom. The number of phosphoric ester groups is 1. The maximum Gasteiger partial charge on any atom is 0.469 e. The molecule has 2 aromatic carbocycles. The fourth-order valence-electron chi connectivity index (χ4n) is 3.18. The van der Waals surface area contributed by atoms with Gasteiger partial charge in [-0.1, -0.05) is 59.8 Å². The van der Waals surface area contributed by atoms with Crippen LogP contribution in [0.4, 0.5) is 0 Å². The van der Waals surface area contributed by atoms with Gasteiger partial charge in [0.25, 0.3) is 0 Å². The van der Waals surface area contributed by atoms with Crippen molar-refractivity contribution >= 4 is 24.9 Å². The van der Waals surface area contributed by atoms with Crippen LogP contribution < -0.4 is 5.73 Å². The van der Waals surface area contributed by atoms with E-state index in [9.17, 15) is 9.67 Å². The second-order valence-electron chi connectivity index (χ2n) is 8.11. The summed E-state index contributed by atoms with van der Waals surface area (Å²) in [6, 6.07) is 20.0. The summed E-state index contributed by atoms with van der Waals surface area (Å²) >= 11 is 1.71. The van der Waals surface area contributed by atoms with Crippen molar-refractivity contribution in [3.05, 3.63) is 82.7 Å². The number of oxime groups is 1. The molecule has 0 aliphatic rings. The van der Waals surface area contributed by atoms with Gasteiger partial charge < -0.3 is 25.5 Å². The largest absolute Gasteiger partial charge is 0.469 e. The highest BCUT2D eigenvalue weighted by atomic mass is 32.1. The molecule has 0 fully saturated rings. The maximum absolute atomic E-state index is 10.9. The van der Waals surface area contributed by atoms with E-state index in [-0.39, 0.29) is 0 Å². The van der Waals surface area contributed by atoms with E-state index in [4.69, 9.17) is 20.4 Å². The molecule has 0 aliphatic heterocycles. The zero-order chi connectivity index (χ0) is 24.6. The predicted molar refractivity (Wildman–Crippen MR) is 134 cm³/mol. The van der Waals surface area contributed by atoms with Crippen molar-refractivity contribution in [1.29, 1.82) is 0 Å². The Labute approximate surface area is 202 Å². The van der Waals surface area contributed by atoms with E-state index in [0.717, 1.165) is 22.4 Å². The average molecular weight is 505 g/mol. The van der Waals surface area contributed by atoms with Crippen LogP contribution in [0, 0.1) is 0 Å². The van der Waals surface area contributed by atoms with E-state index >= 15 is 0 Å². The molecule has 1 heterocycles. The number of rotatable bonds is 12. The standard InChI is InChI=1S/C24H29N2O6PS/c1-18(26-31-15-20-6-10-22(11-7-20)23-3-2-14-34-23)21-8-4-19(5-9-21)12-13-24(25,16-27)17-32-33(28,29)30/h2-11,14,27H,12-13,15-17,25H2,1H3,(H2,28,29,30). The quantitative estimate of drug-likeness (QED) is 0.166. The highest BCUT2D eigenvalue weighted by molar-refractivity contribution is 7.46. The number of benzene rings is 2. The van der Waals surface area contributed by atoms with Crippen LogP contribution in [0.25, 0.3) is 10.4 Å². The summed E-state index contributed by atoms with van der Waals surface area (Å²) in [6.45, 7) is 1.35. The molecular weight excluding hydrogens is 475 g/mol. The summed E-state index contributed by atoms with van der Waals surface area (Å²) < 4.78 is 15.4. The number of aliphatic hydroxyl groups is 1. The van der Waals surface area contributed by atoms with Gasteiger partial charge in [0.05, 0.1) is 24.5 Å². The number of nitrogens with zero attached hydrogens (tertiary/aromatic N) is 1. The topological polar surface area (TPSA) is 135 Å². The smallest absolute Gasteiger partial charge is 0.394 e. The third kappa shape index (κ3) is 8.14. The van der Waals surface area contributed by atoms with Gasteiger partial charge in [0.15, 0.2) is 0 Å². The van der Waals surface area contributed by atoms with E-state index in [1.165, 1.54) is 10.4 Å². The predicted octanol–water partition coefficient (Wildman–Crippen LogP) is 4.09. The molecule has 3 aromatic rings. The van der Waals surface area contributed by atoms with Gasteiger partial charge in [-0.3, -0.25) is 4.52 Å². The van der Waals surface area contributed by atoms with Crippen molar-refractivity contribution in [1.82, 2.24) is 0 Å². The molecule has 1 aromatic heterocycles. The van der Waals surface area contributed by atoms with Gasteiger partial charge >= 0.3 is 7.82 Å². The van der Waals surface area contributed by atoms with E-state index in [0.29, 0.717) is 19.4 Å². The minimum atomic E-state index is -4.65. The average Bonchev–Trinajstić information content (AvgIpc) is 3.37. The SMILES string of the molecule is CC(=NOCc1ccc(-c2cccs2)cc1)c1ccc(CCC(N)(CO)COP(=O)(O)O)cc1. The molecule has 0 bridgehead atoms. The van der Waals surface area contributed by atoms with Gasteiger partial charge in [-0.15, -0.1) is 11.3 Å². The lowest BCUT2D eigenvalue weighted by molar-refractivity contribution is 0.102. The number of nitrogens with two attached hydrogens (primary N) is 1. The Hall–Kier alpha value is -2.36. The van der Waals surface area contributed by atoms with Gasteiger partial charge in [0, 0.05) is 4.88 Å². The lowest BCUT2D eigenvalue weighted by Gasteiger charge is -2.27. The number of hydrogen-bond acceptors (Lipinski definition) is 7. The Morgan fingerprint density at radius 2 is 1.76 bits per heavy atom. The van der Waals surface area contributed by atoms with Crippen molar-refractivity contribution in [2.24, 2.45) is 10.9 Å². The molecule has 0 radical (unpaired) electrons. The van der Waals surface area contributed by atoms with Crippen molar-refractivity contribution in [2.75, 3.05) is 13.2 Å². The number of phosphoric acid groups is 1. The molecule has 182 valence electrons. The molecule has 1 atom stereocenters. The molecule has 0 aliphatic carbocycles. The molecule has 34 heavy (non-hydrogen) atoms. The maximum atomic E-state index is 10.9. The van der Waals surface area contributed by atoms with Gasteiger partial charge in [-0.05, 0) is 53.5 Å². The third-order valence-electron chi connectivity index (χ3n) is 5.31. The lowest BCUT2D eigenvalue weighted by Crippen LogP contribution is -2.48. The zero-order valence-electron chi connectivity index (χ0n) is 18.8. The van der Waals surface area contributed by atoms with Crippen LogP contribution >= 0.6 is 19.2 Å². The van der Waals surface area contributed by atoms with Crippen LogP contribution in [0.5, 0.6) is 0 Å². The van der Waals surface area contributed by atoms with Crippen molar-refractivity contribution in [3.8, 4) is 10.4 Å². The van der Waals surface area contributed by atoms with Crippen LogP contribution in [0.2, 0.25) is 0 Å². The summed E-state index contributed by atoms with van der Waals surface area (Å²) in [6.07, 6.45) is 0.806. The highest BCUT2D eigenvalue weighted by Gasteiger charge is 2.28. The first-order valence-electron chi connectivity index (χ1n) is 10.7. The monoisotopic (exact) mass is 504 g/mol. The third-order valence-corrected chi connectivity index (χ3v) is 6.70. The van der Waals surface area contributed by atoms with Crippen LogP contribution in [0.15, 0.2) is 71.2 Å². The second kappa shape index (κ2) is 11.9. The summed E-state index contributed by atoms with van der Waals surface area (Å²) in [4.78, 5) is 24.5. The molecule has 1 unspecified atom stereocenters. The van der Waals surface area contributed by atoms with Crippen LogP contribution in [-0.2, 0) is 27.0 Å². The van der Waals surface area contributed by atoms with E-state index in [2.05, 4.69) is 33.3 Å². The van der Waals surface area contributed by atoms with Gasteiger partial charge in [0.1, 0.15) is 6.61 Å². The van der Waals surface area contributed by atoms with E-state index in [1.807, 2.05) is 49.4 Å². The van der Waals surface area contributed by atoms with Gasteiger partial charge in [-0.2, -0.15) is 0 Å². The van der Waals surface area contributed by atoms with Crippen molar-refractivity contribution in [3.63, 3.8) is 0 Å². The summed E-state index contributed by atoms with van der Waals surface area (Å²) in [5.41, 5.74) is 9.58. The first-order chi connectivity index (χ1) is 16.2.